The SMILES string of the molecule is CCC(C)(C)C(=O)NC1COCC1Br. The maximum atomic E-state index is 11.8. The Balaban J connectivity index is 2.48. The molecule has 0 radical (unpaired) electrons. The highest BCUT2D eigenvalue weighted by molar-refractivity contribution is 9.09. The van der Waals surface area contributed by atoms with E-state index < -0.39 is 0 Å². The molecule has 1 rings (SSSR count). The third-order valence-corrected chi connectivity index (χ3v) is 3.73. The highest BCUT2D eigenvalue weighted by atomic mass is 79.9. The molecule has 0 aliphatic carbocycles. The lowest BCUT2D eigenvalue weighted by molar-refractivity contribution is -0.130. The molecule has 0 spiro atoms. The molecule has 0 bridgehead atoms. The monoisotopic (exact) mass is 263 g/mol. The van der Waals surface area contributed by atoms with E-state index in [0.717, 1.165) is 6.42 Å². The maximum Gasteiger partial charge on any atom is 0.225 e. The van der Waals surface area contributed by atoms with Crippen LogP contribution in [-0.4, -0.2) is 30.0 Å². The molecule has 1 heterocycles. The summed E-state index contributed by atoms with van der Waals surface area (Å²) in [4.78, 5) is 12.1. The predicted octanol–water partition coefficient (Wildman–Crippen LogP) is 1.70. The van der Waals surface area contributed by atoms with E-state index in [1.165, 1.54) is 0 Å². The Morgan fingerprint density at radius 3 is 2.64 bits per heavy atom. The number of amides is 1. The van der Waals surface area contributed by atoms with Crippen molar-refractivity contribution in [3.63, 3.8) is 0 Å². The molecule has 1 N–H and O–H groups in total. The van der Waals surface area contributed by atoms with E-state index in [0.29, 0.717) is 13.2 Å². The molecule has 1 saturated heterocycles. The molecule has 0 saturated carbocycles. The Hall–Kier alpha value is -0.0900. The Morgan fingerprint density at radius 1 is 1.57 bits per heavy atom. The summed E-state index contributed by atoms with van der Waals surface area (Å²) >= 11 is 3.48. The van der Waals surface area contributed by atoms with Gasteiger partial charge in [-0.25, -0.2) is 0 Å². The Morgan fingerprint density at radius 2 is 2.21 bits per heavy atom. The summed E-state index contributed by atoms with van der Waals surface area (Å²) in [5, 5.41) is 3.01. The molecule has 14 heavy (non-hydrogen) atoms. The van der Waals surface area contributed by atoms with Gasteiger partial charge in [0.1, 0.15) is 0 Å². The van der Waals surface area contributed by atoms with Gasteiger partial charge in [0.15, 0.2) is 0 Å². The van der Waals surface area contributed by atoms with E-state index in [9.17, 15) is 4.79 Å². The van der Waals surface area contributed by atoms with Gasteiger partial charge in [-0.1, -0.05) is 36.7 Å². The molecule has 1 aliphatic heterocycles. The number of hydrogen-bond donors (Lipinski definition) is 1. The van der Waals surface area contributed by atoms with Crippen molar-refractivity contribution in [3.05, 3.63) is 0 Å². The van der Waals surface area contributed by atoms with Gasteiger partial charge in [-0.3, -0.25) is 4.79 Å². The number of rotatable bonds is 3. The maximum absolute atomic E-state index is 11.8. The summed E-state index contributed by atoms with van der Waals surface area (Å²) in [6.07, 6.45) is 0.847. The van der Waals surface area contributed by atoms with Gasteiger partial charge < -0.3 is 10.1 Å². The third-order valence-electron chi connectivity index (χ3n) is 2.83. The van der Waals surface area contributed by atoms with Crippen LogP contribution in [0.25, 0.3) is 0 Å². The van der Waals surface area contributed by atoms with Gasteiger partial charge in [-0.05, 0) is 6.42 Å². The molecule has 0 aromatic rings. The zero-order chi connectivity index (χ0) is 10.8. The first-order valence-corrected chi connectivity index (χ1v) is 5.91. The predicted molar refractivity (Wildman–Crippen MR) is 59.5 cm³/mol. The Labute approximate surface area is 93.7 Å². The van der Waals surface area contributed by atoms with E-state index in [-0.39, 0.29) is 22.2 Å². The van der Waals surface area contributed by atoms with E-state index >= 15 is 0 Å². The van der Waals surface area contributed by atoms with Crippen LogP contribution in [0, 0.1) is 5.41 Å². The minimum atomic E-state index is -0.282. The van der Waals surface area contributed by atoms with Gasteiger partial charge in [0.25, 0.3) is 0 Å². The molecule has 0 aromatic heterocycles. The fourth-order valence-electron chi connectivity index (χ4n) is 1.18. The van der Waals surface area contributed by atoms with Crippen molar-refractivity contribution < 1.29 is 9.53 Å². The number of hydrogen-bond acceptors (Lipinski definition) is 2. The topological polar surface area (TPSA) is 38.3 Å². The number of carbonyl (C=O) groups is 1. The molecule has 1 aliphatic rings. The lowest BCUT2D eigenvalue weighted by Crippen LogP contribution is -2.46. The van der Waals surface area contributed by atoms with Crippen molar-refractivity contribution in [2.45, 2.75) is 38.1 Å². The van der Waals surface area contributed by atoms with Crippen LogP contribution in [0.15, 0.2) is 0 Å². The van der Waals surface area contributed by atoms with Gasteiger partial charge in [-0.2, -0.15) is 0 Å². The van der Waals surface area contributed by atoms with Crippen molar-refractivity contribution in [3.8, 4) is 0 Å². The molecule has 0 aromatic carbocycles. The fourth-order valence-corrected chi connectivity index (χ4v) is 1.66. The molecule has 82 valence electrons. The highest BCUT2D eigenvalue weighted by Crippen LogP contribution is 2.21. The molecule has 3 nitrogen and oxygen atoms in total. The van der Waals surface area contributed by atoms with Crippen molar-refractivity contribution in [1.29, 1.82) is 0 Å². The van der Waals surface area contributed by atoms with Crippen LogP contribution in [0.1, 0.15) is 27.2 Å². The summed E-state index contributed by atoms with van der Waals surface area (Å²) in [7, 11) is 0. The van der Waals surface area contributed by atoms with Crippen LogP contribution in [0.5, 0.6) is 0 Å². The number of halogens is 1. The lowest BCUT2D eigenvalue weighted by atomic mass is 9.89. The molecule has 4 heteroatoms. The van der Waals surface area contributed by atoms with Crippen molar-refractivity contribution in [2.75, 3.05) is 13.2 Å². The largest absolute Gasteiger partial charge is 0.378 e. The zero-order valence-corrected chi connectivity index (χ0v) is 10.6. The first-order valence-electron chi connectivity index (χ1n) is 5.00. The standard InChI is InChI=1S/C10H18BrNO2/c1-4-10(2,3)9(13)12-8-6-14-5-7(8)11/h7-8H,4-6H2,1-3H3,(H,12,13). The van der Waals surface area contributed by atoms with Crippen LogP contribution >= 0.6 is 15.9 Å². The van der Waals surface area contributed by atoms with Crippen LogP contribution in [0.3, 0.4) is 0 Å². The Bertz CT molecular complexity index is 218. The summed E-state index contributed by atoms with van der Waals surface area (Å²) in [5.74, 6) is 0.111. The van der Waals surface area contributed by atoms with Crippen LogP contribution < -0.4 is 5.32 Å². The molecular weight excluding hydrogens is 246 g/mol. The minimum Gasteiger partial charge on any atom is -0.378 e. The van der Waals surface area contributed by atoms with Gasteiger partial charge in [0.05, 0.1) is 24.1 Å². The van der Waals surface area contributed by atoms with Gasteiger partial charge in [-0.15, -0.1) is 0 Å². The molecular formula is C10H18BrNO2. The lowest BCUT2D eigenvalue weighted by Gasteiger charge is -2.24. The molecule has 2 unspecified atom stereocenters. The molecule has 2 atom stereocenters. The number of nitrogens with one attached hydrogen (secondary N) is 1. The van der Waals surface area contributed by atoms with Crippen molar-refractivity contribution >= 4 is 21.8 Å². The average molecular weight is 264 g/mol. The van der Waals surface area contributed by atoms with Gasteiger partial charge in [0, 0.05) is 5.41 Å². The number of ether oxygens (including phenoxy) is 1. The first-order chi connectivity index (χ1) is 6.47. The van der Waals surface area contributed by atoms with Crippen LogP contribution in [0.4, 0.5) is 0 Å². The summed E-state index contributed by atoms with van der Waals surface area (Å²) in [6.45, 7) is 7.23. The summed E-state index contributed by atoms with van der Waals surface area (Å²) in [6, 6.07) is 0.119. The zero-order valence-electron chi connectivity index (χ0n) is 8.97. The van der Waals surface area contributed by atoms with E-state index in [1.807, 2.05) is 20.8 Å². The third kappa shape index (κ3) is 2.70. The van der Waals surface area contributed by atoms with E-state index in [4.69, 9.17) is 4.74 Å². The van der Waals surface area contributed by atoms with Crippen molar-refractivity contribution in [1.82, 2.24) is 5.32 Å². The van der Waals surface area contributed by atoms with Gasteiger partial charge in [0.2, 0.25) is 5.91 Å². The molecule has 1 fully saturated rings. The van der Waals surface area contributed by atoms with E-state index in [1.54, 1.807) is 0 Å². The second-order valence-corrected chi connectivity index (χ2v) is 5.55. The number of carbonyl (C=O) groups excluding carboxylic acids is 1. The Kier molecular flexibility index (Phi) is 3.95. The van der Waals surface area contributed by atoms with Gasteiger partial charge >= 0.3 is 0 Å². The second kappa shape index (κ2) is 4.62. The summed E-state index contributed by atoms with van der Waals surface area (Å²) in [5.41, 5.74) is -0.282. The smallest absolute Gasteiger partial charge is 0.225 e. The fraction of sp³-hybridized carbons (Fsp3) is 0.900. The number of alkyl halides is 1. The minimum absolute atomic E-state index is 0.111. The summed E-state index contributed by atoms with van der Waals surface area (Å²) < 4.78 is 5.25. The molecule has 1 amide bonds. The first kappa shape index (κ1) is 12.0. The second-order valence-electron chi connectivity index (χ2n) is 4.37. The normalized spacial score (nSPS) is 27.7. The van der Waals surface area contributed by atoms with E-state index in [2.05, 4.69) is 21.2 Å². The van der Waals surface area contributed by atoms with Crippen molar-refractivity contribution in [2.24, 2.45) is 5.41 Å². The van der Waals surface area contributed by atoms with Crippen LogP contribution in [0.2, 0.25) is 0 Å². The average Bonchev–Trinajstić information content (AvgIpc) is 2.52. The highest BCUT2D eigenvalue weighted by Gasteiger charge is 2.32. The van der Waals surface area contributed by atoms with Crippen LogP contribution in [-0.2, 0) is 9.53 Å². The quantitative estimate of drug-likeness (QED) is 0.788.